The Morgan fingerprint density at radius 1 is 1.05 bits per heavy atom. The van der Waals surface area contributed by atoms with Gasteiger partial charge in [0.05, 0.1) is 0 Å². The highest BCUT2D eigenvalue weighted by molar-refractivity contribution is 5.81. The fourth-order valence-corrected chi connectivity index (χ4v) is 2.20. The van der Waals surface area contributed by atoms with E-state index in [9.17, 15) is 10.2 Å². The standard InChI is InChI=1S/C16H14O3/c1-10-3-2-4-11(5-10)16-8-12-6-14(17)15(18)7-13(12)9-19-16/h2-8,17-18H,9H2,1H3. The summed E-state index contributed by atoms with van der Waals surface area (Å²) in [6, 6.07) is 11.2. The predicted molar refractivity (Wildman–Crippen MR) is 73.6 cm³/mol. The van der Waals surface area contributed by atoms with Gasteiger partial charge < -0.3 is 14.9 Å². The van der Waals surface area contributed by atoms with E-state index in [4.69, 9.17) is 4.74 Å². The molecule has 0 bridgehead atoms. The van der Waals surface area contributed by atoms with Gasteiger partial charge in [0.25, 0.3) is 0 Å². The van der Waals surface area contributed by atoms with Crippen molar-refractivity contribution in [2.75, 3.05) is 0 Å². The highest BCUT2D eigenvalue weighted by Crippen LogP contribution is 2.35. The quantitative estimate of drug-likeness (QED) is 0.766. The first-order valence-corrected chi connectivity index (χ1v) is 6.10. The van der Waals surface area contributed by atoms with E-state index in [1.54, 1.807) is 6.07 Å². The molecule has 3 nitrogen and oxygen atoms in total. The van der Waals surface area contributed by atoms with E-state index in [0.29, 0.717) is 6.61 Å². The molecule has 0 amide bonds. The van der Waals surface area contributed by atoms with Crippen LogP contribution in [0, 0.1) is 6.92 Å². The molecule has 0 spiro atoms. The maximum atomic E-state index is 9.56. The van der Waals surface area contributed by atoms with Gasteiger partial charge in [0.1, 0.15) is 12.4 Å². The third-order valence-corrected chi connectivity index (χ3v) is 3.21. The summed E-state index contributed by atoms with van der Waals surface area (Å²) < 4.78 is 5.71. The average Bonchev–Trinajstić information content (AvgIpc) is 2.39. The Labute approximate surface area is 111 Å². The minimum Gasteiger partial charge on any atom is -0.504 e. The first-order valence-electron chi connectivity index (χ1n) is 6.10. The third kappa shape index (κ3) is 2.15. The number of phenolic OH excluding ortho intramolecular Hbond substituents is 2. The van der Waals surface area contributed by atoms with Gasteiger partial charge >= 0.3 is 0 Å². The number of fused-ring (bicyclic) bond motifs is 1. The highest BCUT2D eigenvalue weighted by Gasteiger charge is 2.15. The Morgan fingerprint density at radius 2 is 1.84 bits per heavy atom. The van der Waals surface area contributed by atoms with Crippen molar-refractivity contribution in [1.82, 2.24) is 0 Å². The zero-order valence-electron chi connectivity index (χ0n) is 10.6. The van der Waals surface area contributed by atoms with Crippen molar-refractivity contribution in [3.05, 3.63) is 58.7 Å². The second-order valence-electron chi connectivity index (χ2n) is 4.71. The summed E-state index contributed by atoms with van der Waals surface area (Å²) in [6.45, 7) is 2.42. The smallest absolute Gasteiger partial charge is 0.158 e. The first-order chi connectivity index (χ1) is 9.13. The Hall–Kier alpha value is -2.42. The molecule has 96 valence electrons. The van der Waals surface area contributed by atoms with Gasteiger partial charge in [0.2, 0.25) is 0 Å². The lowest BCUT2D eigenvalue weighted by atomic mass is 10.0. The minimum absolute atomic E-state index is 0.111. The van der Waals surface area contributed by atoms with Crippen molar-refractivity contribution < 1.29 is 14.9 Å². The van der Waals surface area contributed by atoms with Crippen molar-refractivity contribution >= 4 is 11.8 Å². The van der Waals surface area contributed by atoms with Crippen molar-refractivity contribution in [2.24, 2.45) is 0 Å². The van der Waals surface area contributed by atoms with Gasteiger partial charge in [-0.25, -0.2) is 0 Å². The second-order valence-corrected chi connectivity index (χ2v) is 4.71. The molecular weight excluding hydrogens is 240 g/mol. The third-order valence-electron chi connectivity index (χ3n) is 3.21. The van der Waals surface area contributed by atoms with E-state index in [1.165, 1.54) is 11.6 Å². The fourth-order valence-electron chi connectivity index (χ4n) is 2.20. The predicted octanol–water partition coefficient (Wildman–Crippen LogP) is 3.43. The van der Waals surface area contributed by atoms with Gasteiger partial charge in [-0.2, -0.15) is 0 Å². The molecule has 0 radical (unpaired) electrons. The molecule has 3 heteroatoms. The number of hydrogen-bond acceptors (Lipinski definition) is 3. The van der Waals surface area contributed by atoms with Crippen LogP contribution in [-0.2, 0) is 11.3 Å². The lowest BCUT2D eigenvalue weighted by Gasteiger charge is -2.19. The van der Waals surface area contributed by atoms with Crippen LogP contribution in [0.3, 0.4) is 0 Å². The average molecular weight is 254 g/mol. The molecule has 0 fully saturated rings. The van der Waals surface area contributed by atoms with Gasteiger partial charge in [-0.15, -0.1) is 0 Å². The van der Waals surface area contributed by atoms with Crippen LogP contribution in [0.2, 0.25) is 0 Å². The van der Waals surface area contributed by atoms with E-state index >= 15 is 0 Å². The molecule has 19 heavy (non-hydrogen) atoms. The molecule has 1 aliphatic heterocycles. The monoisotopic (exact) mass is 254 g/mol. The number of aromatic hydroxyl groups is 2. The topological polar surface area (TPSA) is 49.7 Å². The molecule has 0 aromatic heterocycles. The summed E-state index contributed by atoms with van der Waals surface area (Å²) in [5.74, 6) is 0.552. The Kier molecular flexibility index (Phi) is 2.67. The molecule has 1 aliphatic rings. The van der Waals surface area contributed by atoms with Crippen molar-refractivity contribution in [3.8, 4) is 11.5 Å². The van der Waals surface area contributed by atoms with Gasteiger partial charge in [-0.05, 0) is 36.8 Å². The number of aryl methyl sites for hydroxylation is 1. The molecule has 1 heterocycles. The van der Waals surface area contributed by atoms with Crippen LogP contribution in [0.1, 0.15) is 22.3 Å². The Balaban J connectivity index is 2.06. The summed E-state index contributed by atoms with van der Waals surface area (Å²) >= 11 is 0. The van der Waals surface area contributed by atoms with E-state index in [1.807, 2.05) is 31.2 Å². The van der Waals surface area contributed by atoms with Crippen LogP contribution in [-0.4, -0.2) is 10.2 Å². The van der Waals surface area contributed by atoms with Crippen molar-refractivity contribution in [2.45, 2.75) is 13.5 Å². The maximum Gasteiger partial charge on any atom is 0.158 e. The van der Waals surface area contributed by atoms with Gasteiger partial charge in [-0.3, -0.25) is 0 Å². The number of ether oxygens (including phenoxy) is 1. The van der Waals surface area contributed by atoms with Crippen molar-refractivity contribution in [3.63, 3.8) is 0 Å². The SMILES string of the molecule is Cc1cccc(C2=Cc3cc(O)c(O)cc3CO2)c1. The highest BCUT2D eigenvalue weighted by atomic mass is 16.5. The normalized spacial score (nSPS) is 13.4. The zero-order chi connectivity index (χ0) is 13.4. The number of rotatable bonds is 1. The van der Waals surface area contributed by atoms with E-state index < -0.39 is 0 Å². The molecule has 2 N–H and O–H groups in total. The molecular formula is C16H14O3. The van der Waals surface area contributed by atoms with Gasteiger partial charge in [0.15, 0.2) is 11.5 Å². The van der Waals surface area contributed by atoms with Crippen LogP contribution in [0.4, 0.5) is 0 Å². The first kappa shape index (κ1) is 11.7. The fraction of sp³-hybridized carbons (Fsp3) is 0.125. The van der Waals surface area contributed by atoms with Crippen LogP contribution in [0.5, 0.6) is 11.5 Å². The lowest BCUT2D eigenvalue weighted by Crippen LogP contribution is -2.02. The number of benzene rings is 2. The maximum absolute atomic E-state index is 9.56. The molecule has 3 rings (SSSR count). The summed E-state index contributed by atoms with van der Waals surface area (Å²) in [7, 11) is 0. The molecule has 2 aromatic carbocycles. The molecule has 0 aliphatic carbocycles. The Bertz CT molecular complexity index is 672. The number of phenols is 2. The summed E-state index contributed by atoms with van der Waals surface area (Å²) in [6.07, 6.45) is 1.88. The van der Waals surface area contributed by atoms with E-state index in [0.717, 1.165) is 22.4 Å². The largest absolute Gasteiger partial charge is 0.504 e. The van der Waals surface area contributed by atoms with Crippen LogP contribution < -0.4 is 0 Å². The summed E-state index contributed by atoms with van der Waals surface area (Å²) in [4.78, 5) is 0. The summed E-state index contributed by atoms with van der Waals surface area (Å²) in [5, 5.41) is 19.0. The molecule has 0 saturated carbocycles. The van der Waals surface area contributed by atoms with Gasteiger partial charge in [-0.1, -0.05) is 23.8 Å². The van der Waals surface area contributed by atoms with Crippen molar-refractivity contribution in [1.29, 1.82) is 0 Å². The lowest BCUT2D eigenvalue weighted by molar-refractivity contribution is 0.261. The van der Waals surface area contributed by atoms with Crippen LogP contribution in [0.15, 0.2) is 36.4 Å². The number of hydrogen-bond donors (Lipinski definition) is 2. The van der Waals surface area contributed by atoms with Crippen LogP contribution in [0.25, 0.3) is 11.8 Å². The van der Waals surface area contributed by atoms with Gasteiger partial charge in [0, 0.05) is 11.1 Å². The molecule has 0 unspecified atom stereocenters. The molecule has 2 aromatic rings. The summed E-state index contributed by atoms with van der Waals surface area (Å²) in [5.41, 5.74) is 3.92. The second kappa shape index (κ2) is 4.35. The zero-order valence-corrected chi connectivity index (χ0v) is 10.6. The van der Waals surface area contributed by atoms with Crippen LogP contribution >= 0.6 is 0 Å². The van der Waals surface area contributed by atoms with E-state index in [2.05, 4.69) is 6.07 Å². The minimum atomic E-state index is -0.116. The molecule has 0 saturated heterocycles. The molecule has 0 atom stereocenters. The van der Waals surface area contributed by atoms with E-state index in [-0.39, 0.29) is 11.5 Å². The Morgan fingerprint density at radius 3 is 2.63 bits per heavy atom.